The van der Waals surface area contributed by atoms with E-state index in [1.54, 1.807) is 0 Å². The lowest BCUT2D eigenvalue weighted by atomic mass is 9.97. The molecule has 0 N–H and O–H groups in total. The Morgan fingerprint density at radius 1 is 0.926 bits per heavy atom. The maximum Gasteiger partial charge on any atom is 0.422 e. The van der Waals surface area contributed by atoms with Crippen LogP contribution in [-0.2, 0) is 6.61 Å². The van der Waals surface area contributed by atoms with E-state index in [2.05, 4.69) is 14.7 Å². The molecule has 0 aliphatic carbocycles. The van der Waals surface area contributed by atoms with Crippen LogP contribution in [0, 0.1) is 6.92 Å². The lowest BCUT2D eigenvalue weighted by Crippen LogP contribution is -2.19. The van der Waals surface area contributed by atoms with Gasteiger partial charge in [0.2, 0.25) is 5.88 Å². The largest absolute Gasteiger partial charge is 0.468 e. The topological polar surface area (TPSA) is 44.2 Å². The number of benzene rings is 2. The van der Waals surface area contributed by atoms with Crippen molar-refractivity contribution < 1.29 is 22.6 Å². The molecule has 1 heterocycles. The maximum atomic E-state index is 12.2. The summed E-state index contributed by atoms with van der Waals surface area (Å²) in [5.74, 6) is -0.188. The SMILES string of the molecule is Cc1c(COc2nccc(OCC(F)(F)F)n2)cccc1-c1ccccc1. The van der Waals surface area contributed by atoms with Gasteiger partial charge in [-0.25, -0.2) is 4.98 Å². The summed E-state index contributed by atoms with van der Waals surface area (Å²) < 4.78 is 46.9. The molecule has 0 amide bonds. The molecule has 0 spiro atoms. The molecule has 0 unspecified atom stereocenters. The second-order valence-corrected chi connectivity index (χ2v) is 5.83. The van der Waals surface area contributed by atoms with E-state index in [9.17, 15) is 13.2 Å². The van der Waals surface area contributed by atoms with Crippen LogP contribution in [0.4, 0.5) is 13.2 Å². The standard InChI is InChI=1S/C20H17F3N2O2/c1-14-16(8-5-9-17(14)15-6-3-2-4-7-15)12-26-19-24-11-10-18(25-19)27-13-20(21,22)23/h2-11H,12-13H2,1H3. The van der Waals surface area contributed by atoms with E-state index in [-0.39, 0.29) is 18.5 Å². The highest BCUT2D eigenvalue weighted by Gasteiger charge is 2.28. The van der Waals surface area contributed by atoms with E-state index < -0.39 is 12.8 Å². The van der Waals surface area contributed by atoms with E-state index in [0.29, 0.717) is 0 Å². The van der Waals surface area contributed by atoms with Crippen molar-refractivity contribution in [2.24, 2.45) is 0 Å². The zero-order valence-electron chi connectivity index (χ0n) is 14.5. The number of nitrogens with zero attached hydrogens (tertiary/aromatic N) is 2. The first-order chi connectivity index (χ1) is 12.9. The van der Waals surface area contributed by atoms with Crippen molar-refractivity contribution in [2.75, 3.05) is 6.61 Å². The number of hydrogen-bond acceptors (Lipinski definition) is 4. The Kier molecular flexibility index (Phi) is 5.59. The number of rotatable bonds is 6. The van der Waals surface area contributed by atoms with Crippen molar-refractivity contribution in [1.82, 2.24) is 9.97 Å². The summed E-state index contributed by atoms with van der Waals surface area (Å²) in [6, 6.07) is 17.0. The molecule has 0 aliphatic heterocycles. The van der Waals surface area contributed by atoms with E-state index >= 15 is 0 Å². The lowest BCUT2D eigenvalue weighted by molar-refractivity contribution is -0.154. The molecule has 140 valence electrons. The molecule has 0 atom stereocenters. The smallest absolute Gasteiger partial charge is 0.422 e. The summed E-state index contributed by atoms with van der Waals surface area (Å²) in [5.41, 5.74) is 4.16. The van der Waals surface area contributed by atoms with E-state index in [0.717, 1.165) is 22.3 Å². The van der Waals surface area contributed by atoms with Crippen LogP contribution in [0.25, 0.3) is 11.1 Å². The molecule has 0 saturated heterocycles. The Labute approximate surface area is 154 Å². The second kappa shape index (κ2) is 8.07. The predicted octanol–water partition coefficient (Wildman–Crippen LogP) is 4.97. The lowest BCUT2D eigenvalue weighted by Gasteiger charge is -2.12. The van der Waals surface area contributed by atoms with Crippen LogP contribution < -0.4 is 9.47 Å². The zero-order chi connectivity index (χ0) is 19.3. The van der Waals surface area contributed by atoms with Crippen LogP contribution in [-0.4, -0.2) is 22.8 Å². The fourth-order valence-electron chi connectivity index (χ4n) is 2.54. The molecule has 27 heavy (non-hydrogen) atoms. The normalized spacial score (nSPS) is 11.3. The van der Waals surface area contributed by atoms with Gasteiger partial charge in [-0.05, 0) is 29.2 Å². The Hall–Kier alpha value is -3.09. The van der Waals surface area contributed by atoms with Crippen LogP contribution in [0.1, 0.15) is 11.1 Å². The van der Waals surface area contributed by atoms with Gasteiger partial charge in [-0.2, -0.15) is 18.2 Å². The molecular formula is C20H17F3N2O2. The van der Waals surface area contributed by atoms with Gasteiger partial charge in [0.25, 0.3) is 0 Å². The number of halogens is 3. The molecule has 3 aromatic rings. The van der Waals surface area contributed by atoms with Gasteiger partial charge in [0, 0.05) is 12.3 Å². The molecule has 0 fully saturated rings. The number of aromatic nitrogens is 2. The van der Waals surface area contributed by atoms with Gasteiger partial charge in [-0.3, -0.25) is 0 Å². The summed E-state index contributed by atoms with van der Waals surface area (Å²) in [5, 5.41) is 0. The number of ether oxygens (including phenoxy) is 2. The molecule has 2 aromatic carbocycles. The molecule has 4 nitrogen and oxygen atoms in total. The minimum atomic E-state index is -4.43. The monoisotopic (exact) mass is 374 g/mol. The van der Waals surface area contributed by atoms with Crippen LogP contribution in [0.15, 0.2) is 60.8 Å². The van der Waals surface area contributed by atoms with Crippen LogP contribution >= 0.6 is 0 Å². The average molecular weight is 374 g/mol. The fraction of sp³-hybridized carbons (Fsp3) is 0.200. The molecule has 1 aromatic heterocycles. The van der Waals surface area contributed by atoms with Crippen molar-refractivity contribution in [3.63, 3.8) is 0 Å². The Morgan fingerprint density at radius 3 is 2.44 bits per heavy atom. The third kappa shape index (κ3) is 5.20. The molecular weight excluding hydrogens is 357 g/mol. The van der Waals surface area contributed by atoms with Gasteiger partial charge < -0.3 is 9.47 Å². The summed E-state index contributed by atoms with van der Waals surface area (Å²) in [6.07, 6.45) is -3.14. The molecule has 0 aliphatic rings. The minimum absolute atomic E-state index is 0.0424. The zero-order valence-corrected chi connectivity index (χ0v) is 14.5. The fourth-order valence-corrected chi connectivity index (χ4v) is 2.54. The van der Waals surface area contributed by atoms with Gasteiger partial charge in [-0.15, -0.1) is 0 Å². The summed E-state index contributed by atoms with van der Waals surface area (Å²) >= 11 is 0. The van der Waals surface area contributed by atoms with Crippen molar-refractivity contribution in [1.29, 1.82) is 0 Å². The molecule has 0 bridgehead atoms. The first kappa shape index (κ1) is 18.7. The van der Waals surface area contributed by atoms with Gasteiger partial charge in [0.1, 0.15) is 6.61 Å². The van der Waals surface area contributed by atoms with E-state index in [1.807, 2.05) is 55.5 Å². The first-order valence-corrected chi connectivity index (χ1v) is 8.22. The van der Waals surface area contributed by atoms with Crippen molar-refractivity contribution in [3.8, 4) is 23.0 Å². The van der Waals surface area contributed by atoms with Crippen molar-refractivity contribution >= 4 is 0 Å². The van der Waals surface area contributed by atoms with Crippen LogP contribution in [0.3, 0.4) is 0 Å². The van der Waals surface area contributed by atoms with E-state index in [4.69, 9.17) is 4.74 Å². The number of hydrogen-bond donors (Lipinski definition) is 0. The average Bonchev–Trinajstić information content (AvgIpc) is 2.66. The molecule has 7 heteroatoms. The van der Waals surface area contributed by atoms with Crippen molar-refractivity contribution in [2.45, 2.75) is 19.7 Å². The highest BCUT2D eigenvalue weighted by Crippen LogP contribution is 2.26. The minimum Gasteiger partial charge on any atom is -0.468 e. The Morgan fingerprint density at radius 2 is 1.70 bits per heavy atom. The third-order valence-electron chi connectivity index (χ3n) is 3.88. The number of alkyl halides is 3. The Balaban J connectivity index is 1.70. The summed E-state index contributed by atoms with van der Waals surface area (Å²) in [4.78, 5) is 7.76. The van der Waals surface area contributed by atoms with Crippen molar-refractivity contribution in [3.05, 3.63) is 71.9 Å². The molecule has 3 rings (SSSR count). The second-order valence-electron chi connectivity index (χ2n) is 5.83. The Bertz CT molecular complexity index is 899. The highest BCUT2D eigenvalue weighted by atomic mass is 19.4. The summed E-state index contributed by atoms with van der Waals surface area (Å²) in [6.45, 7) is 0.766. The van der Waals surface area contributed by atoms with E-state index in [1.165, 1.54) is 12.3 Å². The van der Waals surface area contributed by atoms with Crippen LogP contribution in [0.5, 0.6) is 11.9 Å². The summed E-state index contributed by atoms with van der Waals surface area (Å²) in [7, 11) is 0. The molecule has 0 radical (unpaired) electrons. The molecule has 0 saturated carbocycles. The first-order valence-electron chi connectivity index (χ1n) is 8.22. The van der Waals surface area contributed by atoms with Crippen LogP contribution in [0.2, 0.25) is 0 Å². The predicted molar refractivity (Wildman–Crippen MR) is 94.5 cm³/mol. The van der Waals surface area contributed by atoms with Gasteiger partial charge >= 0.3 is 12.2 Å². The quantitative estimate of drug-likeness (QED) is 0.611. The van der Waals surface area contributed by atoms with Gasteiger partial charge in [0.15, 0.2) is 6.61 Å². The highest BCUT2D eigenvalue weighted by molar-refractivity contribution is 5.68. The van der Waals surface area contributed by atoms with Gasteiger partial charge in [0.05, 0.1) is 0 Å². The van der Waals surface area contributed by atoms with Gasteiger partial charge in [-0.1, -0.05) is 48.5 Å². The third-order valence-corrected chi connectivity index (χ3v) is 3.88. The maximum absolute atomic E-state index is 12.2.